The summed E-state index contributed by atoms with van der Waals surface area (Å²) in [5.74, 6) is 0.319. The second kappa shape index (κ2) is 9.06. The van der Waals surface area contributed by atoms with Gasteiger partial charge in [-0.25, -0.2) is 4.79 Å². The van der Waals surface area contributed by atoms with Crippen LogP contribution in [-0.4, -0.2) is 55.0 Å². The molecule has 0 aliphatic carbocycles. The minimum atomic E-state index is -1.16. The number of carbonyl (C=O) groups excluding carboxylic acids is 1. The molecule has 0 aromatic heterocycles. The Bertz CT molecular complexity index is 757. The molecule has 1 N–H and O–H groups in total. The summed E-state index contributed by atoms with van der Waals surface area (Å²) in [6, 6.07) is 7.59. The summed E-state index contributed by atoms with van der Waals surface area (Å²) in [4.78, 5) is 11.8. The lowest BCUT2D eigenvalue weighted by Gasteiger charge is -2.40. The molecule has 0 saturated carbocycles. The number of ether oxygens (including phenoxy) is 5. The molecule has 1 aromatic carbocycles. The molecule has 2 heterocycles. The highest BCUT2D eigenvalue weighted by Gasteiger charge is 2.70. The third-order valence-electron chi connectivity index (χ3n) is 6.33. The molecule has 30 heavy (non-hydrogen) atoms. The zero-order valence-electron chi connectivity index (χ0n) is 18.3. The van der Waals surface area contributed by atoms with Crippen LogP contribution in [0.15, 0.2) is 36.4 Å². The second-order valence-corrected chi connectivity index (χ2v) is 8.09. The van der Waals surface area contributed by atoms with E-state index in [1.807, 2.05) is 38.1 Å². The summed E-state index contributed by atoms with van der Waals surface area (Å²) in [6.45, 7) is 8.02. The monoisotopic (exact) mass is 420 g/mol. The maximum Gasteiger partial charge on any atom is 0.330 e. The number of methoxy groups -OCH3 is 1. The van der Waals surface area contributed by atoms with E-state index in [1.165, 1.54) is 6.08 Å². The Labute approximate surface area is 177 Å². The standard InChI is InChI=1S/C23H32O7/c1-6-18-23(4,25)22(3)20(28-14-15-8-10-16(26-5)11-9-15)17(29-21(22)30-18)12-13-19(24)27-7-2/h8-13,17-18,20-21,25H,6-7,14H2,1-5H3/b13-12+/t17-,18-,20+,21+,22+,23+/m1/s1. The van der Waals surface area contributed by atoms with Gasteiger partial charge in [0, 0.05) is 6.08 Å². The van der Waals surface area contributed by atoms with Crippen molar-refractivity contribution in [3.63, 3.8) is 0 Å². The van der Waals surface area contributed by atoms with Crippen LogP contribution in [0.4, 0.5) is 0 Å². The lowest BCUT2D eigenvalue weighted by molar-refractivity contribution is -0.147. The van der Waals surface area contributed by atoms with Gasteiger partial charge in [-0.1, -0.05) is 19.1 Å². The Morgan fingerprint density at radius 2 is 1.90 bits per heavy atom. The summed E-state index contributed by atoms with van der Waals surface area (Å²) in [5.41, 5.74) is -1.02. The van der Waals surface area contributed by atoms with Crippen LogP contribution in [0.2, 0.25) is 0 Å². The molecule has 1 aromatic rings. The fraction of sp³-hybridized carbons (Fsp3) is 0.609. The summed E-state index contributed by atoms with van der Waals surface area (Å²) in [5, 5.41) is 11.4. The third kappa shape index (κ3) is 3.99. The van der Waals surface area contributed by atoms with Crippen molar-refractivity contribution >= 4 is 5.97 Å². The third-order valence-corrected chi connectivity index (χ3v) is 6.33. The molecule has 6 atom stereocenters. The number of benzene rings is 1. The van der Waals surface area contributed by atoms with E-state index >= 15 is 0 Å². The number of hydrogen-bond acceptors (Lipinski definition) is 7. The zero-order valence-corrected chi connectivity index (χ0v) is 18.3. The first-order valence-corrected chi connectivity index (χ1v) is 10.4. The first-order chi connectivity index (χ1) is 14.3. The van der Waals surface area contributed by atoms with Crippen molar-refractivity contribution in [2.45, 2.75) is 70.9 Å². The van der Waals surface area contributed by atoms with Crippen LogP contribution in [0.1, 0.15) is 39.7 Å². The first kappa shape index (κ1) is 22.7. The molecular weight excluding hydrogens is 388 g/mol. The molecule has 0 unspecified atom stereocenters. The molecule has 3 rings (SSSR count). The predicted octanol–water partition coefficient (Wildman–Crippen LogP) is 2.99. The first-order valence-electron chi connectivity index (χ1n) is 10.4. The van der Waals surface area contributed by atoms with Gasteiger partial charge in [0.1, 0.15) is 23.6 Å². The Balaban J connectivity index is 1.84. The number of rotatable bonds is 8. The highest BCUT2D eigenvalue weighted by Crippen LogP contribution is 2.56. The normalized spacial score (nSPS) is 35.5. The number of aliphatic hydroxyl groups is 1. The highest BCUT2D eigenvalue weighted by molar-refractivity contribution is 5.82. The molecular formula is C23H32O7. The van der Waals surface area contributed by atoms with Crippen LogP contribution in [-0.2, 0) is 30.3 Å². The van der Waals surface area contributed by atoms with Crippen LogP contribution in [0.25, 0.3) is 0 Å². The maximum absolute atomic E-state index is 11.8. The van der Waals surface area contributed by atoms with Gasteiger partial charge in [0.05, 0.1) is 31.8 Å². The van der Waals surface area contributed by atoms with Crippen LogP contribution in [0.5, 0.6) is 5.75 Å². The van der Waals surface area contributed by atoms with Crippen molar-refractivity contribution in [1.82, 2.24) is 0 Å². The largest absolute Gasteiger partial charge is 0.497 e. The minimum absolute atomic E-state index is 0.294. The molecule has 0 spiro atoms. The molecule has 7 nitrogen and oxygen atoms in total. The van der Waals surface area contributed by atoms with Crippen molar-refractivity contribution in [2.75, 3.05) is 13.7 Å². The van der Waals surface area contributed by atoms with E-state index in [9.17, 15) is 9.90 Å². The molecule has 0 amide bonds. The van der Waals surface area contributed by atoms with Crippen LogP contribution >= 0.6 is 0 Å². The van der Waals surface area contributed by atoms with E-state index in [0.717, 1.165) is 11.3 Å². The molecule has 2 aliphatic rings. The van der Waals surface area contributed by atoms with Crippen LogP contribution < -0.4 is 4.74 Å². The average Bonchev–Trinajstić information content (AvgIpc) is 3.11. The quantitative estimate of drug-likeness (QED) is 0.511. The molecule has 7 heteroatoms. The van der Waals surface area contributed by atoms with Crippen molar-refractivity contribution in [3.8, 4) is 5.75 Å². The van der Waals surface area contributed by atoms with Gasteiger partial charge in [-0.15, -0.1) is 0 Å². The number of carbonyl (C=O) groups is 1. The smallest absolute Gasteiger partial charge is 0.330 e. The zero-order chi connectivity index (χ0) is 21.9. The van der Waals surface area contributed by atoms with Gasteiger partial charge in [-0.3, -0.25) is 0 Å². The van der Waals surface area contributed by atoms with Gasteiger partial charge >= 0.3 is 5.97 Å². The fourth-order valence-electron chi connectivity index (χ4n) is 4.34. The van der Waals surface area contributed by atoms with Gasteiger partial charge in [0.2, 0.25) is 0 Å². The Hall–Kier alpha value is -1.93. The van der Waals surface area contributed by atoms with E-state index in [2.05, 4.69) is 0 Å². The van der Waals surface area contributed by atoms with Gasteiger partial charge in [-0.05, 0) is 51.0 Å². The molecule has 166 valence electrons. The van der Waals surface area contributed by atoms with Gasteiger partial charge < -0.3 is 28.8 Å². The van der Waals surface area contributed by atoms with E-state index in [1.54, 1.807) is 27.0 Å². The second-order valence-electron chi connectivity index (χ2n) is 8.09. The lowest BCUT2D eigenvalue weighted by Crippen LogP contribution is -2.55. The summed E-state index contributed by atoms with van der Waals surface area (Å²) >= 11 is 0. The van der Waals surface area contributed by atoms with E-state index in [0.29, 0.717) is 19.6 Å². The molecule has 2 aliphatic heterocycles. The van der Waals surface area contributed by atoms with Crippen LogP contribution in [0.3, 0.4) is 0 Å². The topological polar surface area (TPSA) is 83.5 Å². The van der Waals surface area contributed by atoms with Gasteiger partial charge in [0.15, 0.2) is 6.29 Å². The Morgan fingerprint density at radius 1 is 1.20 bits per heavy atom. The summed E-state index contributed by atoms with van der Waals surface area (Å²) in [7, 11) is 1.62. The van der Waals surface area contributed by atoms with Gasteiger partial charge in [-0.2, -0.15) is 0 Å². The number of hydrogen-bond donors (Lipinski definition) is 1. The molecule has 0 bridgehead atoms. The van der Waals surface area contributed by atoms with Crippen LogP contribution in [0, 0.1) is 5.41 Å². The lowest BCUT2D eigenvalue weighted by atomic mass is 9.69. The average molecular weight is 421 g/mol. The van der Waals surface area contributed by atoms with E-state index in [-0.39, 0.29) is 6.10 Å². The fourth-order valence-corrected chi connectivity index (χ4v) is 4.34. The van der Waals surface area contributed by atoms with E-state index < -0.39 is 35.5 Å². The predicted molar refractivity (Wildman–Crippen MR) is 110 cm³/mol. The Kier molecular flexibility index (Phi) is 6.87. The van der Waals surface area contributed by atoms with E-state index in [4.69, 9.17) is 23.7 Å². The van der Waals surface area contributed by atoms with Crippen molar-refractivity contribution in [2.24, 2.45) is 5.41 Å². The van der Waals surface area contributed by atoms with Crippen molar-refractivity contribution < 1.29 is 33.6 Å². The highest BCUT2D eigenvalue weighted by atomic mass is 16.7. The summed E-state index contributed by atoms with van der Waals surface area (Å²) < 4.78 is 28.6. The minimum Gasteiger partial charge on any atom is -0.497 e. The molecule has 0 radical (unpaired) electrons. The maximum atomic E-state index is 11.8. The number of fused-ring (bicyclic) bond motifs is 1. The Morgan fingerprint density at radius 3 is 2.50 bits per heavy atom. The molecule has 2 fully saturated rings. The number of esters is 1. The van der Waals surface area contributed by atoms with Crippen molar-refractivity contribution in [3.05, 3.63) is 42.0 Å². The summed E-state index contributed by atoms with van der Waals surface area (Å²) in [6.07, 6.45) is 1.52. The SMILES string of the molecule is CCOC(=O)/C=C/[C@H]1O[C@H]2O[C@H](CC)[C@](C)(O)[C@@]2(C)[C@H]1OCc1ccc(OC)cc1. The molecule has 2 saturated heterocycles. The van der Waals surface area contributed by atoms with Crippen molar-refractivity contribution in [1.29, 1.82) is 0 Å². The van der Waals surface area contributed by atoms with Gasteiger partial charge in [0.25, 0.3) is 0 Å².